The largest absolute Gasteiger partial charge is 0.495 e. The van der Waals surface area contributed by atoms with Crippen LogP contribution in [0.2, 0.25) is 0 Å². The van der Waals surface area contributed by atoms with E-state index >= 15 is 0 Å². The van der Waals surface area contributed by atoms with Crippen molar-refractivity contribution in [2.45, 2.75) is 31.9 Å². The van der Waals surface area contributed by atoms with E-state index in [0.717, 1.165) is 53.5 Å². The van der Waals surface area contributed by atoms with Crippen LogP contribution in [0.1, 0.15) is 41.3 Å². The van der Waals surface area contributed by atoms with Crippen molar-refractivity contribution >= 4 is 12.2 Å². The first-order valence-electron chi connectivity index (χ1n) is 11.2. The van der Waals surface area contributed by atoms with Gasteiger partial charge in [-0.25, -0.2) is 19.0 Å². The molecule has 1 aliphatic heterocycles. The molecule has 0 N–H and O–H groups in total. The minimum Gasteiger partial charge on any atom is -0.495 e. The van der Waals surface area contributed by atoms with Crippen molar-refractivity contribution in [3.05, 3.63) is 89.3 Å². The third kappa shape index (κ3) is 3.90. The number of aryl methyl sites for hydroxylation is 2. The molecule has 0 radical (unpaired) electrons. The molecule has 8 heteroatoms. The zero-order valence-electron chi connectivity index (χ0n) is 19.4. The maximum atomic E-state index is 13.5. The van der Waals surface area contributed by atoms with Crippen LogP contribution in [0.4, 0.5) is 4.39 Å². The van der Waals surface area contributed by atoms with Gasteiger partial charge in [-0.15, -0.1) is 0 Å². The predicted octanol–water partition coefficient (Wildman–Crippen LogP) is 4.77. The van der Waals surface area contributed by atoms with Crippen LogP contribution in [0, 0.1) is 12.7 Å². The van der Waals surface area contributed by atoms with Crippen molar-refractivity contribution < 1.29 is 13.9 Å². The number of hydrogen-bond acceptors (Lipinski definition) is 5. The van der Waals surface area contributed by atoms with Crippen LogP contribution in [0.3, 0.4) is 0 Å². The molecule has 3 heterocycles. The lowest BCUT2D eigenvalue weighted by Gasteiger charge is -2.35. The molecule has 2 aromatic carbocycles. The Bertz CT molecular complexity index is 1340. The summed E-state index contributed by atoms with van der Waals surface area (Å²) >= 11 is 0. The number of halogens is 1. The monoisotopic (exact) mass is 459 g/mol. The fourth-order valence-electron chi connectivity index (χ4n) is 4.51. The van der Waals surface area contributed by atoms with E-state index in [2.05, 4.69) is 10.1 Å². The summed E-state index contributed by atoms with van der Waals surface area (Å²) in [5, 5.41) is 4.68. The molecule has 4 aromatic rings. The van der Waals surface area contributed by atoms with Gasteiger partial charge < -0.3 is 14.0 Å². The average Bonchev–Trinajstić information content (AvgIpc) is 3.49. The summed E-state index contributed by atoms with van der Waals surface area (Å²) in [6.07, 6.45) is 9.20. The first-order chi connectivity index (χ1) is 16.5. The lowest BCUT2D eigenvalue weighted by molar-refractivity contribution is -0.00954. The van der Waals surface area contributed by atoms with Crippen LogP contribution in [0.15, 0.2) is 55.0 Å². The summed E-state index contributed by atoms with van der Waals surface area (Å²) < 4.78 is 29.0. The molecule has 0 bridgehead atoms. The Morgan fingerprint density at radius 2 is 1.91 bits per heavy atom. The average molecular weight is 460 g/mol. The number of imidazole rings is 1. The zero-order valence-corrected chi connectivity index (χ0v) is 19.4. The smallest absolute Gasteiger partial charge is 0.174 e. The fraction of sp³-hybridized carbons (Fsp3) is 0.269. The van der Waals surface area contributed by atoms with Crippen LogP contribution in [-0.2, 0) is 16.9 Å². The first kappa shape index (κ1) is 22.0. The number of nitrogens with zero attached hydrogens (tertiary/aromatic N) is 5. The lowest BCUT2D eigenvalue weighted by Crippen LogP contribution is -2.37. The Morgan fingerprint density at radius 3 is 2.62 bits per heavy atom. The molecule has 0 unspecified atom stereocenters. The molecular weight excluding hydrogens is 433 g/mol. The van der Waals surface area contributed by atoms with Crippen molar-refractivity contribution in [2.75, 3.05) is 14.2 Å². The molecule has 34 heavy (non-hydrogen) atoms. The van der Waals surface area contributed by atoms with Gasteiger partial charge in [-0.2, -0.15) is 5.10 Å². The van der Waals surface area contributed by atoms with Crippen molar-refractivity contribution in [1.82, 2.24) is 24.3 Å². The number of fused-ring (bicyclic) bond motifs is 1. The predicted molar refractivity (Wildman–Crippen MR) is 127 cm³/mol. The normalized spacial score (nSPS) is 17.8. The summed E-state index contributed by atoms with van der Waals surface area (Å²) in [6, 6.07) is 12.4. The van der Waals surface area contributed by atoms with Gasteiger partial charge in [-0.1, -0.05) is 24.3 Å². The molecule has 174 valence electrons. The van der Waals surface area contributed by atoms with Gasteiger partial charge in [0, 0.05) is 19.9 Å². The molecule has 0 aliphatic carbocycles. The minimum atomic E-state index is -0.751. The summed E-state index contributed by atoms with van der Waals surface area (Å²) in [5.74, 6) is 1.79. The summed E-state index contributed by atoms with van der Waals surface area (Å²) in [6.45, 7) is 2.71. The highest BCUT2D eigenvalue weighted by Crippen LogP contribution is 2.39. The van der Waals surface area contributed by atoms with Crippen molar-refractivity contribution in [1.29, 1.82) is 0 Å². The van der Waals surface area contributed by atoms with Gasteiger partial charge in [0.1, 0.15) is 11.6 Å². The van der Waals surface area contributed by atoms with Gasteiger partial charge in [-0.3, -0.25) is 0 Å². The van der Waals surface area contributed by atoms with Gasteiger partial charge in [0.25, 0.3) is 0 Å². The van der Waals surface area contributed by atoms with E-state index in [9.17, 15) is 4.39 Å². The Hall–Kier alpha value is -3.78. The first-order valence-corrected chi connectivity index (χ1v) is 11.2. The molecule has 0 amide bonds. The number of benzene rings is 2. The van der Waals surface area contributed by atoms with Gasteiger partial charge >= 0.3 is 0 Å². The highest BCUT2D eigenvalue weighted by Gasteiger charge is 2.41. The fourth-order valence-corrected chi connectivity index (χ4v) is 4.51. The second-order valence-electron chi connectivity index (χ2n) is 8.35. The molecule has 0 spiro atoms. The topological polar surface area (TPSA) is 67.0 Å². The van der Waals surface area contributed by atoms with Crippen molar-refractivity contribution in [3.8, 4) is 11.4 Å². The molecule has 0 saturated heterocycles. The number of methoxy groups -OCH3 is 2. The Morgan fingerprint density at radius 1 is 1.09 bits per heavy atom. The van der Waals surface area contributed by atoms with Gasteiger partial charge in [-0.05, 0) is 61.2 Å². The van der Waals surface area contributed by atoms with Crippen molar-refractivity contribution in [2.24, 2.45) is 0 Å². The van der Waals surface area contributed by atoms with E-state index in [1.165, 1.54) is 12.1 Å². The summed E-state index contributed by atoms with van der Waals surface area (Å²) in [4.78, 5) is 9.09. The second kappa shape index (κ2) is 8.87. The molecule has 0 saturated carbocycles. The van der Waals surface area contributed by atoms with Crippen molar-refractivity contribution in [3.63, 3.8) is 0 Å². The number of aromatic nitrogens is 5. The number of hydrogen-bond donors (Lipinski definition) is 0. The number of rotatable bonds is 6. The third-order valence-corrected chi connectivity index (χ3v) is 6.23. The highest BCUT2D eigenvalue weighted by atomic mass is 19.1. The Balaban J connectivity index is 1.45. The van der Waals surface area contributed by atoms with Gasteiger partial charge in [0.15, 0.2) is 17.2 Å². The molecule has 5 rings (SSSR count). The van der Waals surface area contributed by atoms with Crippen LogP contribution >= 0.6 is 0 Å². The van der Waals surface area contributed by atoms with E-state index in [1.54, 1.807) is 32.7 Å². The molecule has 7 nitrogen and oxygen atoms in total. The second-order valence-corrected chi connectivity index (χ2v) is 8.35. The van der Waals surface area contributed by atoms with E-state index in [0.29, 0.717) is 5.82 Å². The van der Waals surface area contributed by atoms with Crippen LogP contribution < -0.4 is 4.74 Å². The summed E-state index contributed by atoms with van der Waals surface area (Å²) in [7, 11) is 3.32. The van der Waals surface area contributed by atoms with E-state index < -0.39 is 5.60 Å². The Kier molecular flexibility index (Phi) is 5.75. The van der Waals surface area contributed by atoms with E-state index in [4.69, 9.17) is 14.5 Å². The maximum Gasteiger partial charge on any atom is 0.174 e. The molecule has 0 fully saturated rings. The maximum absolute atomic E-state index is 13.5. The zero-order chi connectivity index (χ0) is 23.7. The molecule has 1 aliphatic rings. The third-order valence-electron chi connectivity index (χ3n) is 6.23. The van der Waals surface area contributed by atoms with Crippen LogP contribution in [-0.4, -0.2) is 38.5 Å². The van der Waals surface area contributed by atoms with Crippen LogP contribution in [0.25, 0.3) is 17.8 Å². The molecular formula is C26H26FN5O2. The Labute approximate surface area is 197 Å². The summed E-state index contributed by atoms with van der Waals surface area (Å²) in [5.41, 5.74) is 2.93. The highest BCUT2D eigenvalue weighted by molar-refractivity contribution is 5.69. The van der Waals surface area contributed by atoms with Gasteiger partial charge in [0.05, 0.1) is 24.8 Å². The van der Waals surface area contributed by atoms with Gasteiger partial charge in [0.2, 0.25) is 0 Å². The molecule has 2 aromatic heterocycles. The molecule has 1 atom stereocenters. The minimum absolute atomic E-state index is 0.277. The van der Waals surface area contributed by atoms with Crippen LogP contribution in [0.5, 0.6) is 5.75 Å². The lowest BCUT2D eigenvalue weighted by atomic mass is 9.86. The van der Waals surface area contributed by atoms with E-state index in [-0.39, 0.29) is 5.82 Å². The standard InChI is InChI=1S/C26H26FN5O2/c1-18-16-31(17-28-18)22-11-5-19(15-23(22)33-2)6-12-24-29-25-26(34-3,13-4-14-32(25)30-24)20-7-9-21(27)10-8-20/h5-12,15-17H,4,13-14H2,1-3H3/b12-6+/t26-/m0/s1. The van der Waals surface area contributed by atoms with E-state index in [1.807, 2.05) is 52.7 Å². The number of ether oxygens (including phenoxy) is 2. The SMILES string of the molecule is COc1cc(/C=C/c2nc3n(n2)CCC[C@]3(OC)c2ccc(F)cc2)ccc1-n1cnc(C)c1. The quantitative estimate of drug-likeness (QED) is 0.415.